The van der Waals surface area contributed by atoms with Gasteiger partial charge in [-0.15, -0.1) is 0 Å². The van der Waals surface area contributed by atoms with Gasteiger partial charge in [-0.25, -0.2) is 4.79 Å². The molecular formula is C10H20O4. The number of carbonyl (C=O) groups excluding carboxylic acids is 1. The maximum Gasteiger partial charge on any atom is 0.334 e. The summed E-state index contributed by atoms with van der Waals surface area (Å²) < 4.78 is 14.9. The van der Waals surface area contributed by atoms with E-state index < -0.39 is 6.10 Å². The number of carbonyl (C=O) groups is 1. The van der Waals surface area contributed by atoms with Crippen molar-refractivity contribution in [2.24, 2.45) is 0 Å². The van der Waals surface area contributed by atoms with Gasteiger partial charge in [0.2, 0.25) is 0 Å². The minimum Gasteiger partial charge on any atom is -0.467 e. The van der Waals surface area contributed by atoms with Crippen LogP contribution in [0.5, 0.6) is 0 Å². The smallest absolute Gasteiger partial charge is 0.334 e. The number of rotatable bonds is 8. The molecule has 0 N–H and O–H groups in total. The third kappa shape index (κ3) is 6.86. The normalized spacial score (nSPS) is 12.5. The summed E-state index contributed by atoms with van der Waals surface area (Å²) in [5.74, 6) is -0.349. The van der Waals surface area contributed by atoms with Gasteiger partial charge < -0.3 is 14.2 Å². The second kappa shape index (κ2) is 8.97. The van der Waals surface area contributed by atoms with Crippen LogP contribution in [-0.4, -0.2) is 39.0 Å². The van der Waals surface area contributed by atoms with E-state index in [4.69, 9.17) is 9.47 Å². The first kappa shape index (κ1) is 13.4. The number of hydrogen-bond donors (Lipinski definition) is 0. The molecule has 0 spiro atoms. The molecule has 0 bridgehead atoms. The lowest BCUT2D eigenvalue weighted by Crippen LogP contribution is -2.23. The summed E-state index contributed by atoms with van der Waals surface area (Å²) in [6, 6.07) is 0. The van der Waals surface area contributed by atoms with Crippen molar-refractivity contribution in [2.45, 2.75) is 32.8 Å². The zero-order chi connectivity index (χ0) is 10.8. The van der Waals surface area contributed by atoms with Crippen molar-refractivity contribution in [1.29, 1.82) is 0 Å². The number of ether oxygens (including phenoxy) is 3. The molecule has 0 aliphatic heterocycles. The summed E-state index contributed by atoms with van der Waals surface area (Å²) in [4.78, 5) is 10.9. The van der Waals surface area contributed by atoms with Crippen LogP contribution in [0.15, 0.2) is 0 Å². The molecule has 14 heavy (non-hydrogen) atoms. The molecule has 0 rings (SSSR count). The third-order valence-corrected chi connectivity index (χ3v) is 1.77. The van der Waals surface area contributed by atoms with Gasteiger partial charge in [-0.05, 0) is 13.3 Å². The van der Waals surface area contributed by atoms with E-state index >= 15 is 0 Å². The summed E-state index contributed by atoms with van der Waals surface area (Å²) in [7, 11) is 1.35. The predicted octanol–water partition coefficient (Wildman–Crippen LogP) is 1.38. The number of hydrogen-bond acceptors (Lipinski definition) is 4. The first-order chi connectivity index (χ1) is 6.72. The van der Waals surface area contributed by atoms with Crippen molar-refractivity contribution in [3.63, 3.8) is 0 Å². The average Bonchev–Trinajstić information content (AvgIpc) is 2.21. The van der Waals surface area contributed by atoms with E-state index in [2.05, 4.69) is 11.7 Å². The molecule has 0 fully saturated rings. The van der Waals surface area contributed by atoms with Crippen molar-refractivity contribution in [1.82, 2.24) is 0 Å². The summed E-state index contributed by atoms with van der Waals surface area (Å²) in [6.07, 6.45) is 1.68. The van der Waals surface area contributed by atoms with Gasteiger partial charge in [-0.3, -0.25) is 0 Å². The van der Waals surface area contributed by atoms with Gasteiger partial charge in [0.25, 0.3) is 0 Å². The van der Waals surface area contributed by atoms with E-state index in [0.29, 0.717) is 13.2 Å². The molecule has 0 heterocycles. The van der Waals surface area contributed by atoms with Crippen molar-refractivity contribution in [3.8, 4) is 0 Å². The Labute approximate surface area is 85.5 Å². The highest BCUT2D eigenvalue weighted by atomic mass is 16.6. The molecule has 0 aromatic carbocycles. The first-order valence-electron chi connectivity index (χ1n) is 4.99. The van der Waals surface area contributed by atoms with Crippen LogP contribution < -0.4 is 0 Å². The minimum atomic E-state index is -0.505. The van der Waals surface area contributed by atoms with Crippen LogP contribution in [0.25, 0.3) is 0 Å². The summed E-state index contributed by atoms with van der Waals surface area (Å²) >= 11 is 0. The van der Waals surface area contributed by atoms with Gasteiger partial charge in [0.1, 0.15) is 0 Å². The Morgan fingerprint density at radius 2 is 2.00 bits per heavy atom. The topological polar surface area (TPSA) is 44.8 Å². The molecule has 0 aliphatic rings. The number of unbranched alkanes of at least 4 members (excludes halogenated alkanes) is 1. The zero-order valence-corrected chi connectivity index (χ0v) is 9.25. The standard InChI is InChI=1S/C10H20O4/c1-4-5-6-13-7-8-14-9(2)10(11)12-3/h9H,4-8H2,1-3H3/t9-/m1/s1. The molecule has 0 aromatic rings. The zero-order valence-electron chi connectivity index (χ0n) is 9.25. The molecule has 0 amide bonds. The van der Waals surface area contributed by atoms with Crippen molar-refractivity contribution in [2.75, 3.05) is 26.9 Å². The Balaban J connectivity index is 3.23. The molecule has 0 radical (unpaired) electrons. The summed E-state index contributed by atoms with van der Waals surface area (Å²) in [5, 5.41) is 0. The number of methoxy groups -OCH3 is 1. The minimum absolute atomic E-state index is 0.349. The molecule has 0 aromatic heterocycles. The molecule has 1 atom stereocenters. The van der Waals surface area contributed by atoms with Crippen LogP contribution in [0.3, 0.4) is 0 Å². The van der Waals surface area contributed by atoms with Gasteiger partial charge >= 0.3 is 5.97 Å². The Bertz CT molecular complexity index is 147. The molecule has 0 aliphatic carbocycles. The quantitative estimate of drug-likeness (QED) is 0.442. The van der Waals surface area contributed by atoms with Crippen LogP contribution in [0.4, 0.5) is 0 Å². The Hall–Kier alpha value is -0.610. The average molecular weight is 204 g/mol. The molecule has 4 heteroatoms. The van der Waals surface area contributed by atoms with E-state index in [0.717, 1.165) is 19.4 Å². The maximum absolute atomic E-state index is 10.9. The Morgan fingerprint density at radius 3 is 2.57 bits per heavy atom. The monoisotopic (exact) mass is 204 g/mol. The van der Waals surface area contributed by atoms with E-state index in [1.165, 1.54) is 7.11 Å². The molecular weight excluding hydrogens is 184 g/mol. The van der Waals surface area contributed by atoms with Crippen molar-refractivity contribution in [3.05, 3.63) is 0 Å². The molecule has 0 saturated carbocycles. The lowest BCUT2D eigenvalue weighted by Gasteiger charge is -2.10. The highest BCUT2D eigenvalue weighted by Crippen LogP contribution is 1.94. The molecule has 84 valence electrons. The highest BCUT2D eigenvalue weighted by Gasteiger charge is 2.12. The summed E-state index contributed by atoms with van der Waals surface area (Å²) in [6.45, 7) is 5.49. The Morgan fingerprint density at radius 1 is 1.29 bits per heavy atom. The van der Waals surface area contributed by atoms with E-state index in [1.807, 2.05) is 0 Å². The lowest BCUT2D eigenvalue weighted by atomic mass is 10.4. The van der Waals surface area contributed by atoms with Crippen LogP contribution >= 0.6 is 0 Å². The van der Waals surface area contributed by atoms with Crippen molar-refractivity contribution >= 4 is 5.97 Å². The van der Waals surface area contributed by atoms with Crippen molar-refractivity contribution < 1.29 is 19.0 Å². The van der Waals surface area contributed by atoms with Gasteiger partial charge in [0.05, 0.1) is 20.3 Å². The van der Waals surface area contributed by atoms with E-state index in [9.17, 15) is 4.79 Å². The predicted molar refractivity (Wildman–Crippen MR) is 53.2 cm³/mol. The molecule has 0 unspecified atom stereocenters. The van der Waals surface area contributed by atoms with Crippen LogP contribution in [0, 0.1) is 0 Å². The van der Waals surface area contributed by atoms with Crippen LogP contribution in [0.1, 0.15) is 26.7 Å². The third-order valence-electron chi connectivity index (χ3n) is 1.77. The molecule has 4 nitrogen and oxygen atoms in total. The van der Waals surface area contributed by atoms with E-state index in [1.54, 1.807) is 6.92 Å². The molecule has 0 saturated heterocycles. The second-order valence-electron chi connectivity index (χ2n) is 3.00. The second-order valence-corrected chi connectivity index (χ2v) is 3.00. The van der Waals surface area contributed by atoms with Gasteiger partial charge in [-0.2, -0.15) is 0 Å². The van der Waals surface area contributed by atoms with Crippen LogP contribution in [-0.2, 0) is 19.0 Å². The highest BCUT2D eigenvalue weighted by molar-refractivity contribution is 5.73. The Kier molecular flexibility index (Phi) is 8.57. The van der Waals surface area contributed by atoms with E-state index in [-0.39, 0.29) is 5.97 Å². The van der Waals surface area contributed by atoms with Crippen LogP contribution in [0.2, 0.25) is 0 Å². The maximum atomic E-state index is 10.9. The lowest BCUT2D eigenvalue weighted by molar-refractivity contribution is -0.153. The number of esters is 1. The van der Waals surface area contributed by atoms with Gasteiger partial charge in [0, 0.05) is 6.61 Å². The largest absolute Gasteiger partial charge is 0.467 e. The fourth-order valence-corrected chi connectivity index (χ4v) is 0.866. The SMILES string of the molecule is CCCCOCCO[C@H](C)C(=O)OC. The fourth-order valence-electron chi connectivity index (χ4n) is 0.866. The fraction of sp³-hybridized carbons (Fsp3) is 0.900. The van der Waals surface area contributed by atoms with Gasteiger partial charge in [0.15, 0.2) is 6.10 Å². The first-order valence-corrected chi connectivity index (χ1v) is 4.99. The van der Waals surface area contributed by atoms with Gasteiger partial charge in [-0.1, -0.05) is 13.3 Å². The summed E-state index contributed by atoms with van der Waals surface area (Å²) in [5.41, 5.74) is 0.